The second-order valence-electron chi connectivity index (χ2n) is 15.6. The standard InChI is InChI=1S/C42H60N2O10/c1-9-12-31-20-25(2)19-26(3)21-35(51-7)38-36(52-8)23-28(5)42(50,54-38)39(47)40(48)44-18-11-10-13-32(44)41(49)53-37(29(6)33(45)24-34(31)46)27(4)22-30-14-16-43-17-15-30/h9,14-17,20,22,26,28-29,31-33,35-38,45,50H,1,10-13,18-19,21,23-24H2,2-8H3/b25-20+,27-22+/t26-,28+,29+,31+,32-,33-,35-,36-,37-,38+,42+/m0/s1. The van der Waals surface area contributed by atoms with Gasteiger partial charge in [0.1, 0.15) is 24.0 Å². The number of cyclic esters (lactones) is 1. The molecular formula is C42H60N2O10. The number of ketones is 2. The molecule has 4 rings (SSSR count). The maximum absolute atomic E-state index is 14.2. The Hall–Kier alpha value is -3.55. The highest BCUT2D eigenvalue weighted by Crippen LogP contribution is 2.39. The molecule has 3 aliphatic rings. The Bertz CT molecular complexity index is 1540. The fourth-order valence-electron chi connectivity index (χ4n) is 8.21. The number of allylic oxidation sites excluding steroid dienone is 3. The Morgan fingerprint density at radius 1 is 1.06 bits per heavy atom. The predicted molar refractivity (Wildman–Crippen MR) is 203 cm³/mol. The molecule has 0 saturated carbocycles. The van der Waals surface area contributed by atoms with Crippen molar-refractivity contribution in [1.82, 2.24) is 9.88 Å². The van der Waals surface area contributed by atoms with Gasteiger partial charge >= 0.3 is 5.97 Å². The van der Waals surface area contributed by atoms with Gasteiger partial charge in [-0.25, -0.2) is 4.79 Å². The van der Waals surface area contributed by atoms with E-state index < -0.39 is 77.8 Å². The Balaban J connectivity index is 1.79. The molecule has 54 heavy (non-hydrogen) atoms. The predicted octanol–water partition coefficient (Wildman–Crippen LogP) is 5.02. The number of ether oxygens (including phenoxy) is 4. The van der Waals surface area contributed by atoms with Gasteiger partial charge in [0.2, 0.25) is 5.79 Å². The zero-order valence-corrected chi connectivity index (χ0v) is 32.9. The average Bonchev–Trinajstić information content (AvgIpc) is 3.15. The van der Waals surface area contributed by atoms with Crippen LogP contribution in [0.3, 0.4) is 0 Å². The monoisotopic (exact) mass is 752 g/mol. The van der Waals surface area contributed by atoms with Gasteiger partial charge < -0.3 is 34.1 Å². The second-order valence-corrected chi connectivity index (χ2v) is 15.6. The summed E-state index contributed by atoms with van der Waals surface area (Å²) in [7, 11) is 3.05. The van der Waals surface area contributed by atoms with Crippen LogP contribution in [0.4, 0.5) is 0 Å². The van der Waals surface area contributed by atoms with Crippen molar-refractivity contribution in [1.29, 1.82) is 0 Å². The number of aliphatic hydroxyl groups excluding tert-OH is 1. The number of methoxy groups -OCH3 is 2. The molecule has 12 nitrogen and oxygen atoms in total. The molecule has 1 aromatic heterocycles. The number of carbonyl (C=O) groups is 4. The first-order chi connectivity index (χ1) is 25.6. The van der Waals surface area contributed by atoms with E-state index in [1.165, 1.54) is 19.1 Å². The number of amides is 1. The first-order valence-electron chi connectivity index (χ1n) is 19.2. The number of piperidine rings is 1. The van der Waals surface area contributed by atoms with E-state index in [1.54, 1.807) is 51.4 Å². The molecule has 0 radical (unpaired) electrons. The van der Waals surface area contributed by atoms with Gasteiger partial charge in [0.05, 0.1) is 18.3 Å². The number of hydrogen-bond donors (Lipinski definition) is 2. The quantitative estimate of drug-likeness (QED) is 0.228. The maximum Gasteiger partial charge on any atom is 0.329 e. The summed E-state index contributed by atoms with van der Waals surface area (Å²) < 4.78 is 24.1. The number of nitrogens with zero attached hydrogens (tertiary/aromatic N) is 2. The number of carbonyl (C=O) groups excluding carboxylic acids is 4. The van der Waals surface area contributed by atoms with Crippen LogP contribution in [0.25, 0.3) is 6.08 Å². The Morgan fingerprint density at radius 3 is 2.37 bits per heavy atom. The first-order valence-corrected chi connectivity index (χ1v) is 19.2. The molecule has 0 aromatic carbocycles. The molecule has 1 aromatic rings. The molecule has 0 unspecified atom stereocenters. The highest BCUT2D eigenvalue weighted by molar-refractivity contribution is 6.39. The van der Waals surface area contributed by atoms with Gasteiger partial charge in [-0.3, -0.25) is 19.4 Å². The number of esters is 1. The number of aromatic nitrogens is 1. The number of hydrogen-bond acceptors (Lipinski definition) is 11. The van der Waals surface area contributed by atoms with Crippen molar-refractivity contribution in [2.45, 2.75) is 128 Å². The van der Waals surface area contributed by atoms with Crippen molar-refractivity contribution < 1.29 is 48.3 Å². The minimum atomic E-state index is -2.50. The highest BCUT2D eigenvalue weighted by atomic mass is 16.7. The molecule has 0 aliphatic carbocycles. The lowest BCUT2D eigenvalue weighted by Gasteiger charge is -2.47. The van der Waals surface area contributed by atoms with E-state index in [-0.39, 0.29) is 37.5 Å². The van der Waals surface area contributed by atoms with Gasteiger partial charge in [-0.05, 0) is 88.0 Å². The zero-order chi connectivity index (χ0) is 39.7. The molecular weight excluding hydrogens is 692 g/mol. The molecule has 3 aliphatic heterocycles. The Kier molecular flexibility index (Phi) is 15.5. The number of aliphatic hydroxyl groups is 2. The minimum absolute atomic E-state index is 0.0180. The van der Waals surface area contributed by atoms with Crippen LogP contribution in [0.2, 0.25) is 0 Å². The molecule has 0 spiro atoms. The number of Topliss-reactive ketones (excluding diaryl/α,β-unsaturated/α-hetero) is 2. The van der Waals surface area contributed by atoms with E-state index in [4.69, 9.17) is 18.9 Å². The number of fused-ring (bicyclic) bond motifs is 3. The third-order valence-corrected chi connectivity index (χ3v) is 11.4. The normalized spacial score (nSPS) is 36.6. The summed E-state index contributed by atoms with van der Waals surface area (Å²) in [4.78, 5) is 61.5. The zero-order valence-electron chi connectivity index (χ0n) is 32.9. The van der Waals surface area contributed by atoms with Gasteiger partial charge in [0.15, 0.2) is 0 Å². The molecule has 12 heteroatoms. The van der Waals surface area contributed by atoms with Crippen molar-refractivity contribution >= 4 is 29.5 Å². The SMILES string of the molecule is C=CC[C@@H]1/C=C(\C)C[C@H](C)C[C@H](OC)[C@H]2O[C@@](O)(C(=O)C(=O)N3CCCC[C@H]3C(=O)O[C@@H](/C(C)=C/c3ccncc3)[C@H](C)[C@@H](O)CC1=O)[C@H](C)C[C@@H]2OC. The molecule has 298 valence electrons. The summed E-state index contributed by atoms with van der Waals surface area (Å²) in [5.41, 5.74) is 2.36. The molecule has 11 atom stereocenters. The largest absolute Gasteiger partial charge is 0.456 e. The van der Waals surface area contributed by atoms with Crippen LogP contribution in [0, 0.1) is 23.7 Å². The lowest BCUT2D eigenvalue weighted by Crippen LogP contribution is -2.64. The van der Waals surface area contributed by atoms with Crippen molar-refractivity contribution in [3.8, 4) is 0 Å². The summed E-state index contributed by atoms with van der Waals surface area (Å²) in [6.45, 7) is 13.1. The van der Waals surface area contributed by atoms with Crippen LogP contribution in [0.1, 0.15) is 91.5 Å². The molecule has 4 heterocycles. The smallest absolute Gasteiger partial charge is 0.329 e. The van der Waals surface area contributed by atoms with E-state index in [2.05, 4.69) is 11.6 Å². The van der Waals surface area contributed by atoms with Gasteiger partial charge in [-0.1, -0.05) is 44.6 Å². The topological polar surface area (TPSA) is 162 Å². The fourth-order valence-corrected chi connectivity index (χ4v) is 8.21. The van der Waals surface area contributed by atoms with Crippen molar-refractivity contribution in [3.05, 3.63) is 60.0 Å². The molecule has 2 saturated heterocycles. The van der Waals surface area contributed by atoms with Crippen LogP contribution in [-0.4, -0.2) is 107 Å². The van der Waals surface area contributed by atoms with Crippen molar-refractivity contribution in [3.63, 3.8) is 0 Å². The van der Waals surface area contributed by atoms with Crippen molar-refractivity contribution in [2.24, 2.45) is 23.7 Å². The first kappa shape index (κ1) is 43.2. The van der Waals surface area contributed by atoms with E-state index >= 15 is 0 Å². The third kappa shape index (κ3) is 10.2. The van der Waals surface area contributed by atoms with Crippen molar-refractivity contribution in [2.75, 3.05) is 20.8 Å². The van der Waals surface area contributed by atoms with Crippen LogP contribution < -0.4 is 0 Å². The third-order valence-electron chi connectivity index (χ3n) is 11.4. The molecule has 1 amide bonds. The minimum Gasteiger partial charge on any atom is -0.456 e. The lowest BCUT2D eigenvalue weighted by atomic mass is 9.82. The van der Waals surface area contributed by atoms with Crippen LogP contribution >= 0.6 is 0 Å². The van der Waals surface area contributed by atoms with E-state index in [0.29, 0.717) is 37.7 Å². The second kappa shape index (κ2) is 19.4. The fraction of sp³-hybridized carbons (Fsp3) is 0.643. The van der Waals surface area contributed by atoms with E-state index in [9.17, 15) is 29.4 Å². The molecule has 2 fully saturated rings. The van der Waals surface area contributed by atoms with Gasteiger partial charge in [0, 0.05) is 57.3 Å². The van der Waals surface area contributed by atoms with Crippen LogP contribution in [0.5, 0.6) is 0 Å². The Labute approximate surface area is 320 Å². The summed E-state index contributed by atoms with van der Waals surface area (Å²) >= 11 is 0. The molecule has 2 bridgehead atoms. The molecule has 2 N–H and O–H groups in total. The summed E-state index contributed by atoms with van der Waals surface area (Å²) in [5, 5.41) is 23.6. The number of rotatable bonds is 6. The van der Waals surface area contributed by atoms with Gasteiger partial charge in [0.25, 0.3) is 11.7 Å². The van der Waals surface area contributed by atoms with E-state index in [1.807, 2.05) is 26.0 Å². The van der Waals surface area contributed by atoms with Crippen LogP contribution in [0.15, 0.2) is 54.4 Å². The summed E-state index contributed by atoms with van der Waals surface area (Å²) in [5.74, 6) is -7.69. The summed E-state index contributed by atoms with van der Waals surface area (Å²) in [6.07, 6.45) is 7.32. The Morgan fingerprint density at radius 2 is 1.72 bits per heavy atom. The summed E-state index contributed by atoms with van der Waals surface area (Å²) in [6, 6.07) is 2.45. The highest BCUT2D eigenvalue weighted by Gasteiger charge is 2.56. The van der Waals surface area contributed by atoms with Crippen LogP contribution in [-0.2, 0) is 38.1 Å². The van der Waals surface area contributed by atoms with Gasteiger partial charge in [-0.2, -0.15) is 0 Å². The van der Waals surface area contributed by atoms with E-state index in [0.717, 1.165) is 11.1 Å². The van der Waals surface area contributed by atoms with Gasteiger partial charge in [-0.15, -0.1) is 6.58 Å². The number of pyridine rings is 1. The lowest BCUT2D eigenvalue weighted by molar-refractivity contribution is -0.302. The maximum atomic E-state index is 14.2. The average molecular weight is 753 g/mol.